The first-order valence-corrected chi connectivity index (χ1v) is 7.91. The van der Waals surface area contributed by atoms with Crippen LogP contribution in [-0.4, -0.2) is 36.1 Å². The fourth-order valence-corrected chi connectivity index (χ4v) is 0. The van der Waals surface area contributed by atoms with Crippen molar-refractivity contribution in [3.05, 3.63) is 0 Å². The molecule has 0 aliphatic rings. The van der Waals surface area contributed by atoms with E-state index in [9.17, 15) is 0 Å². The van der Waals surface area contributed by atoms with Crippen molar-refractivity contribution in [2.24, 2.45) is 3.96 Å². The predicted molar refractivity (Wildman–Crippen MR) is 37.0 cm³/mol. The molecule has 11 heteroatoms. The van der Waals surface area contributed by atoms with E-state index in [0.717, 1.165) is 22.8 Å². The maximum atomic E-state index is 9.10. The third kappa shape index (κ3) is 482. The van der Waals surface area contributed by atoms with Crippen molar-refractivity contribution < 1.29 is 58.3 Å². The molecule has 0 saturated heterocycles. The Morgan fingerprint density at radius 1 is 0.923 bits per heavy atom. The molecule has 13 heavy (non-hydrogen) atoms. The van der Waals surface area contributed by atoms with Crippen LogP contribution in [-0.2, 0) is 9.13 Å². The summed E-state index contributed by atoms with van der Waals surface area (Å²) in [4.78, 5) is 36.4. The molecule has 0 aliphatic carbocycles. The molecule has 0 rings (SSSR count). The molecule has 0 spiro atoms. The molecule has 0 aromatic carbocycles. The van der Waals surface area contributed by atoms with Crippen molar-refractivity contribution in [2.75, 3.05) is 13.3 Å². The molecule has 0 radical (unpaired) electrons. The molecular weight excluding hydrogens is 338 g/mol. The number of nitrogens with two attached hydrogens (primary N) is 1. The van der Waals surface area contributed by atoms with Gasteiger partial charge in [-0.15, -0.1) is 0 Å². The van der Waals surface area contributed by atoms with Crippen LogP contribution in [0.2, 0.25) is 0 Å². The van der Waals surface area contributed by atoms with Crippen LogP contribution >= 0.6 is 15.2 Å². The van der Waals surface area contributed by atoms with E-state index in [0.29, 0.717) is 13.3 Å². The number of hydrogen-bond acceptors (Lipinski definition) is 7. The summed E-state index contributed by atoms with van der Waals surface area (Å²) in [5, 5.41) is 0. The molecule has 0 unspecified atom stereocenters. The molecule has 0 fully saturated rings. The molecule has 0 atom stereocenters. The Bertz CT molecular complexity index is 141. The fourth-order valence-electron chi connectivity index (χ4n) is 0. The van der Waals surface area contributed by atoms with Crippen LogP contribution < -0.4 is 53.1 Å². The summed E-state index contributed by atoms with van der Waals surface area (Å²) in [7, 11) is -8.28. The van der Waals surface area contributed by atoms with Gasteiger partial charge in [0.15, 0.2) is 0 Å². The SMILES string of the molecule is CP(=O)([O-])[O-].CP(=O)([O-])[O-].[NH2][Sn+3].[Na+]. The molecule has 72 valence electrons. The van der Waals surface area contributed by atoms with Crippen LogP contribution in [0.3, 0.4) is 0 Å². The minimum absolute atomic E-state index is 0. The smallest absolute Gasteiger partial charge is 1.00 e. The quantitative estimate of drug-likeness (QED) is 0.338. The maximum Gasteiger partial charge on any atom is 1.00 e. The van der Waals surface area contributed by atoms with Gasteiger partial charge in [0, 0.05) is 0 Å². The Labute approximate surface area is 113 Å². The summed E-state index contributed by atoms with van der Waals surface area (Å²) < 4.78 is 22.8. The summed E-state index contributed by atoms with van der Waals surface area (Å²) in [6.07, 6.45) is 0. The molecule has 0 aliphatic heterocycles. The second-order valence-corrected chi connectivity index (χ2v) is 4.63. The molecule has 0 aromatic heterocycles. The maximum absolute atomic E-state index is 9.10. The summed E-state index contributed by atoms with van der Waals surface area (Å²) in [6, 6.07) is 0. The van der Waals surface area contributed by atoms with Crippen LogP contribution in [0.1, 0.15) is 0 Å². The molecule has 2 N–H and O–H groups in total. The van der Waals surface area contributed by atoms with Crippen molar-refractivity contribution in [3.63, 3.8) is 0 Å². The molecule has 0 aromatic rings. The molecule has 0 amide bonds. The first kappa shape index (κ1) is 24.3. The van der Waals surface area contributed by atoms with Crippen LogP contribution in [0.15, 0.2) is 0 Å². The molecular formula is C2H8NNaO6P2Sn. The zero-order chi connectivity index (χ0) is 11.0. The summed E-state index contributed by atoms with van der Waals surface area (Å²) in [6.45, 7) is 1.26. The number of hydrogen-bond donors (Lipinski definition) is 1. The van der Waals surface area contributed by atoms with Crippen molar-refractivity contribution in [1.29, 1.82) is 0 Å². The van der Waals surface area contributed by atoms with E-state index in [4.69, 9.17) is 28.7 Å². The predicted octanol–water partition coefficient (Wildman–Crippen LogP) is -6.91. The Kier molecular flexibility index (Phi) is 22.7. The Hall–Kier alpha value is 2.06. The largest absolute Gasteiger partial charge is 1.00 e. The van der Waals surface area contributed by atoms with Crippen LogP contribution in [0.4, 0.5) is 0 Å². The van der Waals surface area contributed by atoms with Crippen LogP contribution in [0.25, 0.3) is 0 Å². The monoisotopic (exact) mass is 347 g/mol. The minimum atomic E-state index is -4.14. The van der Waals surface area contributed by atoms with Gasteiger partial charge in [0.05, 0.1) is 0 Å². The second kappa shape index (κ2) is 12.1. The van der Waals surface area contributed by atoms with Gasteiger partial charge in [0.2, 0.25) is 0 Å². The summed E-state index contributed by atoms with van der Waals surface area (Å²) in [5.74, 6) is 0. The van der Waals surface area contributed by atoms with Gasteiger partial charge in [0.1, 0.15) is 0 Å². The molecule has 0 bridgehead atoms. The van der Waals surface area contributed by atoms with Gasteiger partial charge in [-0.25, -0.2) is 0 Å². The van der Waals surface area contributed by atoms with Crippen molar-refractivity contribution in [3.8, 4) is 0 Å². The Morgan fingerprint density at radius 3 is 0.923 bits per heavy atom. The third-order valence-corrected chi connectivity index (χ3v) is 0. The molecule has 0 saturated carbocycles. The first-order chi connectivity index (χ1) is 5.00. The van der Waals surface area contributed by atoms with Gasteiger partial charge >= 0.3 is 56.3 Å². The van der Waals surface area contributed by atoms with E-state index < -0.39 is 15.2 Å². The van der Waals surface area contributed by atoms with E-state index in [1.54, 1.807) is 0 Å². The summed E-state index contributed by atoms with van der Waals surface area (Å²) in [5.41, 5.74) is 0. The van der Waals surface area contributed by atoms with Gasteiger partial charge in [-0.1, -0.05) is 15.2 Å². The van der Waals surface area contributed by atoms with E-state index in [2.05, 4.69) is 3.96 Å². The van der Waals surface area contributed by atoms with Crippen LogP contribution in [0.5, 0.6) is 0 Å². The van der Waals surface area contributed by atoms with Gasteiger partial charge in [-0.05, 0) is 13.3 Å². The van der Waals surface area contributed by atoms with Crippen molar-refractivity contribution in [2.45, 2.75) is 0 Å². The fraction of sp³-hybridized carbons (Fsp3) is 1.00. The van der Waals surface area contributed by atoms with Gasteiger partial charge in [-0.3, -0.25) is 0 Å². The average molecular weight is 346 g/mol. The molecule has 7 nitrogen and oxygen atoms in total. The van der Waals surface area contributed by atoms with Crippen LogP contribution in [0, 0.1) is 0 Å². The zero-order valence-corrected chi connectivity index (χ0v) is 14.1. The van der Waals surface area contributed by atoms with E-state index >= 15 is 0 Å². The van der Waals surface area contributed by atoms with E-state index in [1.807, 2.05) is 0 Å². The minimum Gasteiger partial charge on any atom is 1.00 e. The zero-order valence-electron chi connectivity index (χ0n) is 7.42. The van der Waals surface area contributed by atoms with Crippen molar-refractivity contribution in [1.82, 2.24) is 0 Å². The Morgan fingerprint density at radius 2 is 0.923 bits per heavy atom. The van der Waals surface area contributed by atoms with Gasteiger partial charge in [-0.2, -0.15) is 0 Å². The van der Waals surface area contributed by atoms with Crippen molar-refractivity contribution >= 4 is 38.0 Å². The third-order valence-electron chi connectivity index (χ3n) is 0. The summed E-state index contributed by atoms with van der Waals surface area (Å²) >= 11 is 1.05. The molecule has 0 heterocycles. The normalized spacial score (nSPS) is 9.62. The van der Waals surface area contributed by atoms with E-state index in [-0.39, 0.29) is 29.6 Å². The van der Waals surface area contributed by atoms with E-state index in [1.165, 1.54) is 0 Å². The first-order valence-electron chi connectivity index (χ1n) is 2.28. The average Bonchev–Trinajstić information content (AvgIpc) is 1.59. The van der Waals surface area contributed by atoms with Gasteiger partial charge in [0.25, 0.3) is 0 Å². The standard InChI is InChI=1S/2CH5O3P.H2N.Na.Sn/c2*1-5(2,3)4;;;/h2*1H3,(H2,2,3,4);1H2;;/q;;-1;+1;+4/p-4. The Balaban J connectivity index is -0.0000000491. The number of rotatable bonds is 0. The topological polar surface area (TPSA) is 152 Å². The van der Waals surface area contributed by atoms with Gasteiger partial charge < -0.3 is 28.7 Å². The second-order valence-electron chi connectivity index (χ2n) is 1.54.